The molecule has 1 atom stereocenters. The predicted octanol–water partition coefficient (Wildman–Crippen LogP) is 0.641. The molecule has 1 aromatic rings. The van der Waals surface area contributed by atoms with Gasteiger partial charge in [0, 0.05) is 24.5 Å². The number of ether oxygens (including phenoxy) is 1. The largest absolute Gasteiger partial charge is 0.465 e. The summed E-state index contributed by atoms with van der Waals surface area (Å²) < 4.78 is 31.5. The zero-order valence-electron chi connectivity index (χ0n) is 12.0. The molecule has 0 saturated carbocycles. The Balaban J connectivity index is 2.29. The number of hydrogen-bond acceptors (Lipinski definition) is 6. The van der Waals surface area contributed by atoms with Gasteiger partial charge in [0.15, 0.2) is 5.03 Å². The van der Waals surface area contributed by atoms with E-state index in [4.69, 9.17) is 4.74 Å². The zero-order valence-corrected chi connectivity index (χ0v) is 13.7. The average molecular weight is 333 g/mol. The number of aryl methyl sites for hydroxylation is 1. The van der Waals surface area contributed by atoms with Crippen LogP contribution in [0.1, 0.15) is 19.7 Å². The van der Waals surface area contributed by atoms with E-state index in [-0.39, 0.29) is 18.2 Å². The van der Waals surface area contributed by atoms with Gasteiger partial charge in [-0.05, 0) is 6.92 Å². The molecule has 7 nitrogen and oxygen atoms in total. The van der Waals surface area contributed by atoms with Crippen LogP contribution >= 0.6 is 11.8 Å². The highest BCUT2D eigenvalue weighted by Crippen LogP contribution is 2.24. The number of carbonyl (C=O) groups excluding carboxylic acids is 1. The second-order valence-electron chi connectivity index (χ2n) is 4.51. The lowest BCUT2D eigenvalue weighted by molar-refractivity contribution is -0.146. The molecule has 1 fully saturated rings. The summed E-state index contributed by atoms with van der Waals surface area (Å²) in [5.74, 6) is 1.17. The molecule has 118 valence electrons. The minimum absolute atomic E-state index is 0.0283. The Bertz CT molecular complexity index is 599. The molecule has 1 aromatic heterocycles. The summed E-state index contributed by atoms with van der Waals surface area (Å²) >= 11 is 1.55. The summed E-state index contributed by atoms with van der Waals surface area (Å²) in [5, 5.41) is 0.0283. The van der Waals surface area contributed by atoms with Crippen molar-refractivity contribution in [1.82, 2.24) is 14.3 Å². The molecule has 9 heteroatoms. The molecule has 1 N–H and O–H groups in total. The summed E-state index contributed by atoms with van der Waals surface area (Å²) in [5.41, 5.74) is 0. The van der Waals surface area contributed by atoms with Crippen LogP contribution in [-0.4, -0.2) is 59.4 Å². The molecule has 21 heavy (non-hydrogen) atoms. The topological polar surface area (TPSA) is 92.4 Å². The number of aromatic nitrogens is 2. The van der Waals surface area contributed by atoms with Gasteiger partial charge in [0.25, 0.3) is 10.0 Å². The normalized spacial score (nSPS) is 20.4. The number of nitrogens with one attached hydrogen (secondary N) is 1. The molecular formula is C12H19N3O4S2. The fraction of sp³-hybridized carbons (Fsp3) is 0.667. The molecule has 1 saturated heterocycles. The van der Waals surface area contributed by atoms with E-state index in [0.29, 0.717) is 23.8 Å². The molecule has 1 unspecified atom stereocenters. The lowest BCUT2D eigenvalue weighted by Crippen LogP contribution is -2.50. The third kappa shape index (κ3) is 3.41. The van der Waals surface area contributed by atoms with Gasteiger partial charge in [-0.2, -0.15) is 16.1 Å². The van der Waals surface area contributed by atoms with Crippen LogP contribution < -0.4 is 0 Å². The monoisotopic (exact) mass is 333 g/mol. The van der Waals surface area contributed by atoms with Crippen LogP contribution in [0.25, 0.3) is 0 Å². The Hall–Kier alpha value is -1.06. The van der Waals surface area contributed by atoms with Crippen LogP contribution in [-0.2, 0) is 26.0 Å². The van der Waals surface area contributed by atoms with E-state index in [0.717, 1.165) is 0 Å². The fourth-order valence-corrected chi connectivity index (χ4v) is 4.83. The van der Waals surface area contributed by atoms with Crippen LogP contribution in [0, 0.1) is 0 Å². The fourth-order valence-electron chi connectivity index (χ4n) is 2.08. The number of sulfonamides is 1. The second kappa shape index (κ2) is 6.80. The van der Waals surface area contributed by atoms with Gasteiger partial charge in [-0.25, -0.2) is 13.4 Å². The second-order valence-corrected chi connectivity index (χ2v) is 7.52. The van der Waals surface area contributed by atoms with Crippen molar-refractivity contribution < 1.29 is 17.9 Å². The molecule has 0 aromatic carbocycles. The quantitative estimate of drug-likeness (QED) is 0.795. The van der Waals surface area contributed by atoms with Gasteiger partial charge >= 0.3 is 5.97 Å². The van der Waals surface area contributed by atoms with Crippen molar-refractivity contribution in [2.24, 2.45) is 0 Å². The number of carbonyl (C=O) groups is 1. The third-order valence-electron chi connectivity index (χ3n) is 3.16. The summed E-state index contributed by atoms with van der Waals surface area (Å²) in [7, 11) is -3.76. The summed E-state index contributed by atoms with van der Waals surface area (Å²) in [6.45, 7) is 4.11. The van der Waals surface area contributed by atoms with Crippen LogP contribution in [0.2, 0.25) is 0 Å². The van der Waals surface area contributed by atoms with E-state index in [2.05, 4.69) is 9.97 Å². The minimum Gasteiger partial charge on any atom is -0.465 e. The van der Waals surface area contributed by atoms with Crippen LogP contribution in [0.5, 0.6) is 0 Å². The maximum atomic E-state index is 12.7. The van der Waals surface area contributed by atoms with E-state index in [9.17, 15) is 13.2 Å². The van der Waals surface area contributed by atoms with Gasteiger partial charge in [0.05, 0.1) is 12.8 Å². The van der Waals surface area contributed by atoms with E-state index in [1.54, 1.807) is 18.7 Å². The van der Waals surface area contributed by atoms with E-state index >= 15 is 0 Å². The molecule has 2 rings (SSSR count). The van der Waals surface area contributed by atoms with E-state index in [1.165, 1.54) is 10.5 Å². The summed E-state index contributed by atoms with van der Waals surface area (Å²) in [4.78, 5) is 18.8. The van der Waals surface area contributed by atoms with Crippen molar-refractivity contribution in [3.8, 4) is 0 Å². The Morgan fingerprint density at radius 2 is 2.33 bits per heavy atom. The number of hydrogen-bond donors (Lipinski definition) is 1. The number of H-pyrrole nitrogens is 1. The van der Waals surface area contributed by atoms with Crippen molar-refractivity contribution in [3.63, 3.8) is 0 Å². The van der Waals surface area contributed by atoms with Crippen molar-refractivity contribution in [2.75, 3.05) is 24.7 Å². The highest BCUT2D eigenvalue weighted by atomic mass is 32.2. The van der Waals surface area contributed by atoms with Crippen molar-refractivity contribution in [1.29, 1.82) is 0 Å². The van der Waals surface area contributed by atoms with Crippen LogP contribution in [0.15, 0.2) is 11.2 Å². The SMILES string of the molecule is CCOC(=O)C1CSCCN1S(=O)(=O)c1cnc(CC)[nH]1. The standard InChI is InChI=1S/C12H19N3O4S2/c1-3-10-13-7-11(14-10)21(17,18)15-5-6-20-8-9(15)12(16)19-4-2/h7,9H,3-6,8H2,1-2H3,(H,13,14). The Morgan fingerprint density at radius 3 is 2.95 bits per heavy atom. The first kappa shape index (κ1) is 16.3. The van der Waals surface area contributed by atoms with Crippen molar-refractivity contribution >= 4 is 27.8 Å². The molecule has 0 bridgehead atoms. The van der Waals surface area contributed by atoms with E-state index in [1.807, 2.05) is 6.92 Å². The number of nitrogens with zero attached hydrogens (tertiary/aromatic N) is 2. The number of rotatable bonds is 5. The number of esters is 1. The average Bonchev–Trinajstić information content (AvgIpc) is 2.97. The highest BCUT2D eigenvalue weighted by Gasteiger charge is 2.39. The molecule has 1 aliphatic heterocycles. The number of aromatic amines is 1. The Labute approximate surface area is 128 Å². The van der Waals surface area contributed by atoms with Gasteiger partial charge in [0.2, 0.25) is 0 Å². The molecular weight excluding hydrogens is 314 g/mol. The number of thioether (sulfide) groups is 1. The lowest BCUT2D eigenvalue weighted by Gasteiger charge is -2.32. The van der Waals surface area contributed by atoms with Crippen LogP contribution in [0.4, 0.5) is 0 Å². The zero-order chi connectivity index (χ0) is 15.5. The summed E-state index contributed by atoms with van der Waals surface area (Å²) in [6, 6.07) is -0.776. The molecule has 0 radical (unpaired) electrons. The smallest absolute Gasteiger partial charge is 0.325 e. The first-order valence-corrected chi connectivity index (χ1v) is 9.40. The Morgan fingerprint density at radius 1 is 1.57 bits per heavy atom. The number of imidazole rings is 1. The lowest BCUT2D eigenvalue weighted by atomic mass is 10.3. The van der Waals surface area contributed by atoms with E-state index < -0.39 is 22.0 Å². The third-order valence-corrected chi connectivity index (χ3v) is 6.01. The summed E-state index contributed by atoms with van der Waals surface area (Å²) in [6.07, 6.45) is 1.92. The molecule has 0 aliphatic carbocycles. The van der Waals surface area contributed by atoms with Gasteiger partial charge in [0.1, 0.15) is 11.9 Å². The molecule has 0 spiro atoms. The van der Waals surface area contributed by atoms with Crippen molar-refractivity contribution in [3.05, 3.63) is 12.0 Å². The van der Waals surface area contributed by atoms with Gasteiger partial charge < -0.3 is 9.72 Å². The molecule has 1 aliphatic rings. The molecule has 0 amide bonds. The predicted molar refractivity (Wildman–Crippen MR) is 79.6 cm³/mol. The maximum absolute atomic E-state index is 12.7. The highest BCUT2D eigenvalue weighted by molar-refractivity contribution is 7.99. The molecule has 2 heterocycles. The minimum atomic E-state index is -3.76. The first-order valence-electron chi connectivity index (χ1n) is 6.80. The van der Waals surface area contributed by atoms with Gasteiger partial charge in [-0.15, -0.1) is 0 Å². The van der Waals surface area contributed by atoms with Gasteiger partial charge in [-0.3, -0.25) is 4.79 Å². The van der Waals surface area contributed by atoms with Crippen molar-refractivity contribution in [2.45, 2.75) is 31.3 Å². The van der Waals surface area contributed by atoms with Gasteiger partial charge in [-0.1, -0.05) is 6.92 Å². The first-order chi connectivity index (χ1) is 10.0. The Kier molecular flexibility index (Phi) is 5.28. The maximum Gasteiger partial charge on any atom is 0.325 e. The van der Waals surface area contributed by atoms with Crippen LogP contribution in [0.3, 0.4) is 0 Å².